The van der Waals surface area contributed by atoms with Gasteiger partial charge in [0.15, 0.2) is 5.82 Å². The van der Waals surface area contributed by atoms with Gasteiger partial charge in [-0.3, -0.25) is 0 Å². The van der Waals surface area contributed by atoms with Crippen molar-refractivity contribution >= 4 is 22.9 Å². The smallest absolute Gasteiger partial charge is 0.379 e. The van der Waals surface area contributed by atoms with Crippen molar-refractivity contribution in [3.8, 4) is 11.8 Å². The SMILES string of the molecule is CNc1ccc(C#Cc2nc3ccccc3n2CCOCCOCCF)cc1.FC(F)F.O=C=O. The van der Waals surface area contributed by atoms with Gasteiger partial charge in [0.05, 0.1) is 37.5 Å². The molecule has 3 aromatic rings. The first-order chi connectivity index (χ1) is 17.0. The van der Waals surface area contributed by atoms with E-state index in [0.29, 0.717) is 32.2 Å². The normalized spacial score (nSPS) is 9.77. The molecule has 0 fully saturated rings. The zero-order valence-electron chi connectivity index (χ0n) is 19.0. The number of rotatable bonds is 9. The number of imidazole rings is 1. The Kier molecular flexibility index (Phi) is 14.8. The van der Waals surface area contributed by atoms with Crippen molar-refractivity contribution in [1.82, 2.24) is 9.55 Å². The maximum atomic E-state index is 12.0. The predicted molar refractivity (Wildman–Crippen MR) is 121 cm³/mol. The third kappa shape index (κ3) is 11.8. The lowest BCUT2D eigenvalue weighted by Crippen LogP contribution is -2.12. The lowest BCUT2D eigenvalue weighted by atomic mass is 10.2. The maximum Gasteiger partial charge on any atom is 0.379 e. The van der Waals surface area contributed by atoms with Crippen molar-refractivity contribution in [2.24, 2.45) is 0 Å². The molecule has 0 atom stereocenters. The van der Waals surface area contributed by atoms with Crippen molar-refractivity contribution in [1.29, 1.82) is 0 Å². The Morgan fingerprint density at radius 2 is 1.54 bits per heavy atom. The van der Waals surface area contributed by atoms with Crippen LogP contribution in [0.5, 0.6) is 0 Å². The number of carbonyl (C=O) groups excluding carboxylic acids is 2. The van der Waals surface area contributed by atoms with E-state index >= 15 is 0 Å². The molecule has 11 heteroatoms. The van der Waals surface area contributed by atoms with E-state index in [0.717, 1.165) is 22.3 Å². The summed E-state index contributed by atoms with van der Waals surface area (Å²) in [4.78, 5) is 20.9. The Morgan fingerprint density at radius 1 is 0.943 bits per heavy atom. The van der Waals surface area contributed by atoms with E-state index in [9.17, 15) is 17.6 Å². The van der Waals surface area contributed by atoms with Gasteiger partial charge in [-0.15, -0.1) is 0 Å². The molecule has 0 saturated heterocycles. The number of benzene rings is 2. The Bertz CT molecular complexity index is 1090. The molecule has 0 bridgehead atoms. The second-order valence-corrected chi connectivity index (χ2v) is 6.40. The van der Waals surface area contributed by atoms with Crippen molar-refractivity contribution < 1.29 is 36.6 Å². The zero-order valence-corrected chi connectivity index (χ0v) is 19.0. The molecule has 0 saturated carbocycles. The third-order valence-corrected chi connectivity index (χ3v) is 4.20. The third-order valence-electron chi connectivity index (χ3n) is 4.20. The van der Waals surface area contributed by atoms with Crippen molar-refractivity contribution in [3.05, 3.63) is 59.9 Å². The summed E-state index contributed by atoms with van der Waals surface area (Å²) in [6.45, 7) is -2.06. The Morgan fingerprint density at radius 3 is 2.14 bits per heavy atom. The summed E-state index contributed by atoms with van der Waals surface area (Å²) in [6.07, 6.45) is 0.250. The Balaban J connectivity index is 0.000000778. The molecule has 1 aromatic heterocycles. The molecule has 0 aliphatic carbocycles. The van der Waals surface area contributed by atoms with Gasteiger partial charge in [0.2, 0.25) is 0 Å². The van der Waals surface area contributed by atoms with Crippen LogP contribution in [0.25, 0.3) is 11.0 Å². The van der Waals surface area contributed by atoms with E-state index in [2.05, 4.69) is 26.7 Å². The lowest BCUT2D eigenvalue weighted by Gasteiger charge is -2.07. The minimum atomic E-state index is -3.67. The largest absolute Gasteiger partial charge is 0.388 e. The predicted octanol–water partition coefficient (Wildman–Crippen LogP) is 4.08. The molecule has 2 aromatic carbocycles. The Labute approximate surface area is 200 Å². The molecule has 0 amide bonds. The molecule has 35 heavy (non-hydrogen) atoms. The van der Waals surface area contributed by atoms with Gasteiger partial charge in [0.1, 0.15) is 6.67 Å². The summed E-state index contributed by atoms with van der Waals surface area (Å²) in [7, 11) is 1.89. The van der Waals surface area contributed by atoms with Gasteiger partial charge < -0.3 is 19.4 Å². The summed E-state index contributed by atoms with van der Waals surface area (Å²) in [5, 5.41) is 3.09. The first-order valence-corrected chi connectivity index (χ1v) is 10.3. The van der Waals surface area contributed by atoms with Gasteiger partial charge >= 0.3 is 12.8 Å². The molecule has 188 valence electrons. The van der Waals surface area contributed by atoms with E-state index in [-0.39, 0.29) is 12.8 Å². The molecule has 0 aliphatic heterocycles. The second kappa shape index (κ2) is 17.7. The number of ether oxygens (including phenoxy) is 2. The highest BCUT2D eigenvalue weighted by Crippen LogP contribution is 2.16. The van der Waals surface area contributed by atoms with Crippen LogP contribution >= 0.6 is 0 Å². The summed E-state index contributed by atoms with van der Waals surface area (Å²) in [5.41, 5.74) is 3.91. The van der Waals surface area contributed by atoms with Crippen molar-refractivity contribution in [2.75, 3.05) is 45.5 Å². The zero-order chi connectivity index (χ0) is 25.9. The second-order valence-electron chi connectivity index (χ2n) is 6.40. The quantitative estimate of drug-likeness (QED) is 0.274. The number of alkyl halides is 4. The van der Waals surface area contributed by atoms with Crippen LogP contribution in [0.1, 0.15) is 11.4 Å². The highest BCUT2D eigenvalue weighted by molar-refractivity contribution is 5.76. The monoisotopic (exact) mass is 495 g/mol. The van der Waals surface area contributed by atoms with Crippen LogP contribution in [0.4, 0.5) is 23.2 Å². The van der Waals surface area contributed by atoms with Gasteiger partial charge in [0, 0.05) is 24.8 Å². The van der Waals surface area contributed by atoms with Crippen LogP contribution in [0.3, 0.4) is 0 Å². The molecule has 1 heterocycles. The fourth-order valence-electron chi connectivity index (χ4n) is 2.78. The number of halogens is 4. The number of hydrogen-bond donors (Lipinski definition) is 1. The number of anilines is 1. The van der Waals surface area contributed by atoms with E-state index in [1.807, 2.05) is 55.6 Å². The summed E-state index contributed by atoms with van der Waals surface area (Å²) in [6, 6.07) is 15.9. The van der Waals surface area contributed by atoms with Crippen LogP contribution < -0.4 is 5.32 Å². The molecule has 0 unspecified atom stereocenters. The van der Waals surface area contributed by atoms with Crippen LogP contribution in [-0.4, -0.2) is 62.5 Å². The number of fused-ring (bicyclic) bond motifs is 1. The average Bonchev–Trinajstić information content (AvgIpc) is 3.20. The summed E-state index contributed by atoms with van der Waals surface area (Å²) < 4.78 is 53.7. The number of nitrogens with zero attached hydrogens (tertiary/aromatic N) is 2. The van der Waals surface area contributed by atoms with Gasteiger partial charge in [-0.25, -0.2) is 9.37 Å². The van der Waals surface area contributed by atoms with Crippen molar-refractivity contribution in [3.63, 3.8) is 0 Å². The van der Waals surface area contributed by atoms with Crippen molar-refractivity contribution in [2.45, 2.75) is 13.2 Å². The highest BCUT2D eigenvalue weighted by Gasteiger charge is 2.08. The molecule has 1 N–H and O–H groups in total. The highest BCUT2D eigenvalue weighted by atomic mass is 19.4. The minimum Gasteiger partial charge on any atom is -0.388 e. The van der Waals surface area contributed by atoms with Crippen LogP contribution in [-0.2, 0) is 25.6 Å². The topological polar surface area (TPSA) is 82.4 Å². The number of hydrogen-bond acceptors (Lipinski definition) is 6. The fourth-order valence-corrected chi connectivity index (χ4v) is 2.78. The molecular formula is C24H25F4N3O4. The van der Waals surface area contributed by atoms with Gasteiger partial charge in [-0.2, -0.15) is 22.8 Å². The van der Waals surface area contributed by atoms with Crippen LogP contribution in [0.15, 0.2) is 48.5 Å². The van der Waals surface area contributed by atoms with E-state index < -0.39 is 13.4 Å². The molecule has 0 spiro atoms. The van der Waals surface area contributed by atoms with E-state index in [1.165, 1.54) is 0 Å². The molecule has 7 nitrogen and oxygen atoms in total. The van der Waals surface area contributed by atoms with Crippen LogP contribution in [0.2, 0.25) is 0 Å². The standard InChI is InChI=1S/C22H24FN3O2.CHF3.CO2/c1-24-19-9-6-18(7-10-19)8-11-22-25-20-4-2-3-5-21(20)26(22)13-15-28-17-16-27-14-12-23;2-1(3)4;2-1-3/h2-7,9-10,24H,12-17H2,1H3;1H;. The molecule has 0 radical (unpaired) electrons. The lowest BCUT2D eigenvalue weighted by molar-refractivity contribution is -0.191. The summed E-state index contributed by atoms with van der Waals surface area (Å²) >= 11 is 0. The minimum absolute atomic E-state index is 0.116. The number of aromatic nitrogens is 2. The fraction of sp³-hybridized carbons (Fsp3) is 0.333. The molecule has 3 rings (SSSR count). The van der Waals surface area contributed by atoms with Gasteiger partial charge in [0.25, 0.3) is 0 Å². The first-order valence-electron chi connectivity index (χ1n) is 10.3. The number of para-hydroxylation sites is 2. The molecular weight excluding hydrogens is 470 g/mol. The number of nitrogens with one attached hydrogen (secondary N) is 1. The van der Waals surface area contributed by atoms with Gasteiger partial charge in [-0.1, -0.05) is 18.1 Å². The van der Waals surface area contributed by atoms with Gasteiger partial charge in [-0.05, 0) is 42.3 Å². The molecule has 0 aliphatic rings. The first kappa shape index (κ1) is 29.3. The van der Waals surface area contributed by atoms with E-state index in [4.69, 9.17) is 19.1 Å². The van der Waals surface area contributed by atoms with E-state index in [1.54, 1.807) is 0 Å². The maximum absolute atomic E-state index is 12.0. The average molecular weight is 495 g/mol. The Hall–Kier alpha value is -3.71. The summed E-state index contributed by atoms with van der Waals surface area (Å²) in [5.74, 6) is 7.07. The van der Waals surface area contributed by atoms with Crippen LogP contribution in [0, 0.1) is 11.8 Å².